The Bertz CT molecular complexity index is 531. The van der Waals surface area contributed by atoms with Crippen LogP contribution < -0.4 is 11.1 Å². The highest BCUT2D eigenvalue weighted by molar-refractivity contribution is 5.96. The monoisotopic (exact) mass is 247 g/mol. The number of ether oxygens (including phenoxy) is 1. The van der Waals surface area contributed by atoms with Crippen LogP contribution in [0.1, 0.15) is 0 Å². The van der Waals surface area contributed by atoms with Crippen molar-refractivity contribution in [3.63, 3.8) is 0 Å². The first-order valence-corrected chi connectivity index (χ1v) is 5.76. The van der Waals surface area contributed by atoms with E-state index in [9.17, 15) is 5.11 Å². The molecule has 0 saturated carbocycles. The molecule has 0 aliphatic carbocycles. The number of aromatic nitrogens is 1. The van der Waals surface area contributed by atoms with Crippen molar-refractivity contribution in [1.82, 2.24) is 4.98 Å². The van der Waals surface area contributed by atoms with Gasteiger partial charge in [-0.3, -0.25) is 4.98 Å². The molecule has 0 fully saturated rings. The van der Waals surface area contributed by atoms with Gasteiger partial charge in [-0.15, -0.1) is 0 Å². The fraction of sp³-hybridized carbons (Fsp3) is 0.308. The van der Waals surface area contributed by atoms with E-state index in [1.807, 2.05) is 24.3 Å². The minimum Gasteiger partial charge on any atom is -0.396 e. The molecule has 5 nitrogen and oxygen atoms in total. The summed E-state index contributed by atoms with van der Waals surface area (Å²) in [5.41, 5.74) is 8.15. The Hall–Kier alpha value is -1.85. The van der Waals surface area contributed by atoms with E-state index >= 15 is 0 Å². The number of rotatable bonds is 5. The molecular weight excluding hydrogens is 230 g/mol. The Morgan fingerprint density at radius 1 is 1.44 bits per heavy atom. The van der Waals surface area contributed by atoms with E-state index in [1.165, 1.54) is 0 Å². The molecule has 18 heavy (non-hydrogen) atoms. The van der Waals surface area contributed by atoms with Crippen molar-refractivity contribution < 1.29 is 9.84 Å². The number of pyridine rings is 1. The zero-order chi connectivity index (χ0) is 13.0. The van der Waals surface area contributed by atoms with Crippen molar-refractivity contribution in [3.05, 3.63) is 30.5 Å². The molecule has 0 amide bonds. The highest BCUT2D eigenvalue weighted by atomic mass is 16.5. The Balaban J connectivity index is 2.23. The van der Waals surface area contributed by atoms with Crippen molar-refractivity contribution in [1.29, 1.82) is 0 Å². The van der Waals surface area contributed by atoms with Crippen LogP contribution in [0.2, 0.25) is 0 Å². The van der Waals surface area contributed by atoms with Gasteiger partial charge in [-0.2, -0.15) is 0 Å². The zero-order valence-electron chi connectivity index (χ0n) is 10.3. The molecule has 0 bridgehead atoms. The fourth-order valence-electron chi connectivity index (χ4n) is 1.83. The molecule has 4 N–H and O–H groups in total. The van der Waals surface area contributed by atoms with Gasteiger partial charge in [-0.05, 0) is 6.07 Å². The summed E-state index contributed by atoms with van der Waals surface area (Å²) in [6, 6.07) is 7.73. The number of benzene rings is 1. The molecule has 2 aromatic rings. The van der Waals surface area contributed by atoms with E-state index in [2.05, 4.69) is 10.3 Å². The Morgan fingerprint density at radius 3 is 3.00 bits per heavy atom. The molecule has 96 valence electrons. The summed E-state index contributed by atoms with van der Waals surface area (Å²) in [5.74, 6) is 0. The van der Waals surface area contributed by atoms with Crippen molar-refractivity contribution in [2.75, 3.05) is 31.3 Å². The smallest absolute Gasteiger partial charge is 0.0945 e. The molecule has 2 rings (SSSR count). The number of fused-ring (bicyclic) bond motifs is 1. The topological polar surface area (TPSA) is 80.4 Å². The lowest BCUT2D eigenvalue weighted by Crippen LogP contribution is -2.24. The van der Waals surface area contributed by atoms with Gasteiger partial charge in [0.1, 0.15) is 0 Å². The van der Waals surface area contributed by atoms with Gasteiger partial charge in [0.2, 0.25) is 0 Å². The van der Waals surface area contributed by atoms with Crippen LogP contribution in [-0.4, -0.2) is 36.5 Å². The van der Waals surface area contributed by atoms with Crippen LogP contribution in [0, 0.1) is 0 Å². The van der Waals surface area contributed by atoms with Crippen LogP contribution in [0.4, 0.5) is 11.4 Å². The quantitative estimate of drug-likeness (QED) is 0.740. The fourth-order valence-corrected chi connectivity index (χ4v) is 1.83. The Labute approximate surface area is 106 Å². The Kier molecular flexibility index (Phi) is 3.96. The number of para-hydroxylation sites is 1. The van der Waals surface area contributed by atoms with E-state index in [4.69, 9.17) is 10.5 Å². The average molecular weight is 247 g/mol. The number of methoxy groups -OCH3 is 1. The Morgan fingerprint density at radius 2 is 2.22 bits per heavy atom. The van der Waals surface area contributed by atoms with Crippen molar-refractivity contribution in [2.45, 2.75) is 6.10 Å². The van der Waals surface area contributed by atoms with Gasteiger partial charge in [-0.1, -0.05) is 18.2 Å². The summed E-state index contributed by atoms with van der Waals surface area (Å²) < 4.78 is 4.88. The molecule has 0 aliphatic heterocycles. The molecule has 5 heteroatoms. The van der Waals surface area contributed by atoms with Gasteiger partial charge in [-0.25, -0.2) is 0 Å². The molecule has 1 heterocycles. The summed E-state index contributed by atoms with van der Waals surface area (Å²) in [5, 5.41) is 13.7. The van der Waals surface area contributed by atoms with E-state index in [-0.39, 0.29) is 6.61 Å². The third-order valence-electron chi connectivity index (χ3n) is 2.68. The summed E-state index contributed by atoms with van der Waals surface area (Å²) >= 11 is 0. The third-order valence-corrected chi connectivity index (χ3v) is 2.68. The highest BCUT2D eigenvalue weighted by Gasteiger charge is 2.08. The van der Waals surface area contributed by atoms with Gasteiger partial charge < -0.3 is 20.9 Å². The number of nitrogens with one attached hydrogen (secondary N) is 1. The van der Waals surface area contributed by atoms with Crippen LogP contribution in [0.25, 0.3) is 10.9 Å². The van der Waals surface area contributed by atoms with Crippen molar-refractivity contribution >= 4 is 22.3 Å². The van der Waals surface area contributed by atoms with E-state index < -0.39 is 6.10 Å². The van der Waals surface area contributed by atoms with Gasteiger partial charge in [0.15, 0.2) is 0 Å². The molecule has 0 aliphatic rings. The SMILES string of the molecule is COCC(O)CNc1c(N)cnc2ccccc12. The minimum atomic E-state index is -0.568. The second-order valence-corrected chi connectivity index (χ2v) is 4.10. The maximum absolute atomic E-state index is 9.63. The first kappa shape index (κ1) is 12.6. The van der Waals surface area contributed by atoms with Crippen LogP contribution in [0.3, 0.4) is 0 Å². The number of aliphatic hydroxyl groups is 1. The molecular formula is C13H17N3O2. The number of hydrogen-bond acceptors (Lipinski definition) is 5. The highest BCUT2D eigenvalue weighted by Crippen LogP contribution is 2.27. The zero-order valence-corrected chi connectivity index (χ0v) is 10.3. The van der Waals surface area contributed by atoms with Crippen LogP contribution in [0.5, 0.6) is 0 Å². The number of anilines is 2. The van der Waals surface area contributed by atoms with Gasteiger partial charge >= 0.3 is 0 Å². The van der Waals surface area contributed by atoms with Crippen LogP contribution >= 0.6 is 0 Å². The lowest BCUT2D eigenvalue weighted by Gasteiger charge is -2.15. The maximum atomic E-state index is 9.63. The normalized spacial score (nSPS) is 12.6. The number of nitrogens with two attached hydrogens (primary N) is 1. The molecule has 0 spiro atoms. The first-order chi connectivity index (χ1) is 8.72. The number of hydrogen-bond donors (Lipinski definition) is 3. The van der Waals surface area contributed by atoms with Gasteiger partial charge in [0.25, 0.3) is 0 Å². The number of nitrogens with zero attached hydrogens (tertiary/aromatic N) is 1. The van der Waals surface area contributed by atoms with Crippen LogP contribution in [-0.2, 0) is 4.74 Å². The van der Waals surface area contributed by atoms with Gasteiger partial charge in [0.05, 0.1) is 35.8 Å². The number of nitrogen functional groups attached to an aromatic ring is 1. The van der Waals surface area contributed by atoms with Crippen molar-refractivity contribution in [2.24, 2.45) is 0 Å². The van der Waals surface area contributed by atoms with E-state index in [0.29, 0.717) is 12.2 Å². The summed E-state index contributed by atoms with van der Waals surface area (Å²) in [6.07, 6.45) is 1.05. The van der Waals surface area contributed by atoms with Gasteiger partial charge in [0, 0.05) is 19.0 Å². The second kappa shape index (κ2) is 5.66. The summed E-state index contributed by atoms with van der Waals surface area (Å²) in [4.78, 5) is 4.25. The molecule has 1 atom stereocenters. The largest absolute Gasteiger partial charge is 0.396 e. The van der Waals surface area contributed by atoms with Crippen LogP contribution in [0.15, 0.2) is 30.5 Å². The minimum absolute atomic E-state index is 0.288. The first-order valence-electron chi connectivity index (χ1n) is 5.76. The number of aliphatic hydroxyl groups excluding tert-OH is 1. The summed E-state index contributed by atoms with van der Waals surface area (Å²) in [7, 11) is 1.55. The molecule has 0 saturated heterocycles. The van der Waals surface area contributed by atoms with Crippen molar-refractivity contribution in [3.8, 4) is 0 Å². The summed E-state index contributed by atoms with van der Waals surface area (Å²) in [6.45, 7) is 0.669. The average Bonchev–Trinajstić information content (AvgIpc) is 2.38. The predicted octanol–water partition coefficient (Wildman–Crippen LogP) is 1.24. The molecule has 1 aromatic carbocycles. The third kappa shape index (κ3) is 2.69. The standard InChI is InChI=1S/C13H17N3O2/c1-18-8-9(17)6-16-13-10-4-2-3-5-12(10)15-7-11(13)14/h2-5,7,9,17H,6,8,14H2,1H3,(H,15,16). The molecule has 0 radical (unpaired) electrons. The van der Waals surface area contributed by atoms with E-state index in [1.54, 1.807) is 13.3 Å². The lowest BCUT2D eigenvalue weighted by atomic mass is 10.1. The maximum Gasteiger partial charge on any atom is 0.0945 e. The lowest BCUT2D eigenvalue weighted by molar-refractivity contribution is 0.0728. The molecule has 1 unspecified atom stereocenters. The predicted molar refractivity (Wildman–Crippen MR) is 72.5 cm³/mol. The molecule has 1 aromatic heterocycles. The van der Waals surface area contributed by atoms with E-state index in [0.717, 1.165) is 16.6 Å². The second-order valence-electron chi connectivity index (χ2n) is 4.10.